The van der Waals surface area contributed by atoms with Crippen LogP contribution >= 0.6 is 15.9 Å². The van der Waals surface area contributed by atoms with E-state index in [9.17, 15) is 4.79 Å². The molecule has 0 spiro atoms. The van der Waals surface area contributed by atoms with E-state index < -0.39 is 5.97 Å². The topological polar surface area (TPSA) is 56.5 Å². The van der Waals surface area contributed by atoms with Crippen molar-refractivity contribution in [2.24, 2.45) is 0 Å². The lowest BCUT2D eigenvalue weighted by molar-refractivity contribution is 0.0475. The van der Waals surface area contributed by atoms with Crippen molar-refractivity contribution in [1.29, 1.82) is 0 Å². The van der Waals surface area contributed by atoms with Gasteiger partial charge in [0, 0.05) is 6.20 Å². The van der Waals surface area contributed by atoms with Gasteiger partial charge in [-0.2, -0.15) is 5.10 Å². The van der Waals surface area contributed by atoms with Crippen LogP contribution in [0.5, 0.6) is 0 Å². The summed E-state index contributed by atoms with van der Waals surface area (Å²) in [5.41, 5.74) is 1.76. The lowest BCUT2D eigenvalue weighted by atomic mass is 10.2. The summed E-state index contributed by atoms with van der Waals surface area (Å²) in [5, 5.41) is 4.07. The average molecular weight is 332 g/mol. The van der Waals surface area contributed by atoms with Gasteiger partial charge >= 0.3 is 5.97 Å². The number of benzene rings is 1. The van der Waals surface area contributed by atoms with Gasteiger partial charge in [-0.1, -0.05) is 30.3 Å². The Balaban J connectivity index is 1.80. The normalized spacial score (nSPS) is 10.7. The van der Waals surface area contributed by atoms with Crippen LogP contribution in [0.1, 0.15) is 15.9 Å². The maximum Gasteiger partial charge on any atom is 0.343 e. The fourth-order valence-electron chi connectivity index (χ4n) is 1.79. The summed E-state index contributed by atoms with van der Waals surface area (Å²) >= 11 is 3.27. The molecule has 20 heavy (non-hydrogen) atoms. The highest BCUT2D eigenvalue weighted by molar-refractivity contribution is 9.10. The lowest BCUT2D eigenvalue weighted by Gasteiger charge is -2.03. The van der Waals surface area contributed by atoms with Crippen molar-refractivity contribution in [3.63, 3.8) is 0 Å². The molecule has 3 rings (SSSR count). The first-order valence-corrected chi connectivity index (χ1v) is 6.74. The molecule has 0 atom stereocenters. The number of carbonyl (C=O) groups is 1. The molecule has 0 aliphatic rings. The smallest absolute Gasteiger partial charge is 0.343 e. The zero-order valence-electron chi connectivity index (χ0n) is 10.4. The maximum absolute atomic E-state index is 12.1. The molecule has 0 radical (unpaired) electrons. The van der Waals surface area contributed by atoms with E-state index in [1.54, 1.807) is 12.3 Å². The number of rotatable bonds is 3. The molecule has 3 aromatic rings. The Hall–Kier alpha value is -2.21. The van der Waals surface area contributed by atoms with E-state index in [2.05, 4.69) is 26.0 Å². The molecule has 0 saturated carbocycles. The Kier molecular flexibility index (Phi) is 3.47. The van der Waals surface area contributed by atoms with Gasteiger partial charge in [0.25, 0.3) is 0 Å². The van der Waals surface area contributed by atoms with Crippen LogP contribution in [0, 0.1) is 0 Å². The summed E-state index contributed by atoms with van der Waals surface area (Å²) in [7, 11) is 0. The van der Waals surface area contributed by atoms with Crippen molar-refractivity contribution in [3.8, 4) is 0 Å². The highest BCUT2D eigenvalue weighted by atomic mass is 79.9. The highest BCUT2D eigenvalue weighted by Gasteiger charge is 2.15. The molecule has 0 bridgehead atoms. The van der Waals surface area contributed by atoms with Crippen LogP contribution in [0.4, 0.5) is 0 Å². The molecular formula is C14H10BrN3O2. The largest absolute Gasteiger partial charge is 0.457 e. The number of esters is 1. The molecule has 0 unspecified atom stereocenters. The minimum absolute atomic E-state index is 0.227. The number of fused-ring (bicyclic) bond motifs is 1. The highest BCUT2D eigenvalue weighted by Crippen LogP contribution is 2.14. The minimum atomic E-state index is -0.436. The van der Waals surface area contributed by atoms with Crippen LogP contribution < -0.4 is 0 Å². The minimum Gasteiger partial charge on any atom is -0.457 e. The molecule has 0 N–H and O–H groups in total. The van der Waals surface area contributed by atoms with Gasteiger partial charge in [-0.15, -0.1) is 0 Å². The lowest BCUT2D eigenvalue weighted by Crippen LogP contribution is -2.05. The van der Waals surface area contributed by atoms with Gasteiger partial charge in [0.15, 0.2) is 5.65 Å². The van der Waals surface area contributed by atoms with E-state index in [-0.39, 0.29) is 6.61 Å². The van der Waals surface area contributed by atoms with E-state index in [4.69, 9.17) is 4.74 Å². The molecule has 2 heterocycles. The second-order valence-corrected chi connectivity index (χ2v) is 4.95. The van der Waals surface area contributed by atoms with E-state index >= 15 is 0 Å². The molecule has 100 valence electrons. The Morgan fingerprint density at radius 1 is 1.25 bits per heavy atom. The van der Waals surface area contributed by atoms with Crippen molar-refractivity contribution in [3.05, 3.63) is 64.5 Å². The van der Waals surface area contributed by atoms with Crippen molar-refractivity contribution in [2.45, 2.75) is 6.61 Å². The monoisotopic (exact) mass is 331 g/mol. The van der Waals surface area contributed by atoms with Crippen molar-refractivity contribution in [2.75, 3.05) is 0 Å². The first-order chi connectivity index (χ1) is 9.74. The fourth-order valence-corrected chi connectivity index (χ4v) is 2.08. The Morgan fingerprint density at radius 2 is 2.05 bits per heavy atom. The molecule has 1 aromatic carbocycles. The zero-order chi connectivity index (χ0) is 13.9. The number of hydrogen-bond donors (Lipinski definition) is 0. The van der Waals surface area contributed by atoms with Gasteiger partial charge in [-0.25, -0.2) is 14.3 Å². The summed E-state index contributed by atoms with van der Waals surface area (Å²) in [6.07, 6.45) is 3.18. The SMILES string of the molecule is O=C(OCc1ccccc1)c1cnn2ccc(Br)nc12. The molecule has 2 aromatic heterocycles. The van der Waals surface area contributed by atoms with Gasteiger partial charge in [0.1, 0.15) is 16.8 Å². The van der Waals surface area contributed by atoms with E-state index in [1.165, 1.54) is 10.7 Å². The van der Waals surface area contributed by atoms with Crippen LogP contribution in [0.15, 0.2) is 53.4 Å². The first-order valence-electron chi connectivity index (χ1n) is 5.95. The molecular weight excluding hydrogens is 322 g/mol. The maximum atomic E-state index is 12.1. The van der Waals surface area contributed by atoms with Crippen LogP contribution in [0.25, 0.3) is 5.65 Å². The molecule has 5 nitrogen and oxygen atoms in total. The second-order valence-electron chi connectivity index (χ2n) is 4.14. The molecule has 0 amide bonds. The summed E-state index contributed by atoms with van der Waals surface area (Å²) < 4.78 is 7.45. The van der Waals surface area contributed by atoms with E-state index in [1.807, 2.05) is 30.3 Å². The number of ether oxygens (including phenoxy) is 1. The van der Waals surface area contributed by atoms with Gasteiger partial charge in [0.05, 0.1) is 6.20 Å². The van der Waals surface area contributed by atoms with Crippen molar-refractivity contribution < 1.29 is 9.53 Å². The third-order valence-corrected chi connectivity index (χ3v) is 3.21. The predicted octanol–water partition coefficient (Wildman–Crippen LogP) is 2.85. The van der Waals surface area contributed by atoms with Gasteiger partial charge < -0.3 is 4.74 Å². The van der Waals surface area contributed by atoms with Gasteiger partial charge in [-0.05, 0) is 27.6 Å². The number of nitrogens with zero attached hydrogens (tertiary/aromatic N) is 3. The van der Waals surface area contributed by atoms with Gasteiger partial charge in [-0.3, -0.25) is 0 Å². The number of hydrogen-bond acceptors (Lipinski definition) is 4. The summed E-state index contributed by atoms with van der Waals surface area (Å²) in [6, 6.07) is 11.3. The number of halogens is 1. The molecule has 0 saturated heterocycles. The molecule has 6 heteroatoms. The quantitative estimate of drug-likeness (QED) is 0.547. The Labute approximate surface area is 123 Å². The van der Waals surface area contributed by atoms with Crippen LogP contribution in [0.2, 0.25) is 0 Å². The van der Waals surface area contributed by atoms with Crippen molar-refractivity contribution >= 4 is 27.5 Å². The second kappa shape index (κ2) is 5.42. The third-order valence-electron chi connectivity index (χ3n) is 2.77. The predicted molar refractivity (Wildman–Crippen MR) is 76.2 cm³/mol. The zero-order valence-corrected chi connectivity index (χ0v) is 11.9. The first kappa shape index (κ1) is 12.8. The van der Waals surface area contributed by atoms with Crippen LogP contribution in [-0.4, -0.2) is 20.6 Å². The Bertz CT molecular complexity index is 755. The summed E-state index contributed by atoms with van der Waals surface area (Å²) in [6.45, 7) is 0.227. The third kappa shape index (κ3) is 2.55. The average Bonchev–Trinajstić information content (AvgIpc) is 2.89. The standard InChI is InChI=1S/C14H10BrN3O2/c15-12-6-7-18-13(17-12)11(8-16-18)14(19)20-9-10-4-2-1-3-5-10/h1-8H,9H2. The number of aromatic nitrogens is 3. The fraction of sp³-hybridized carbons (Fsp3) is 0.0714. The van der Waals surface area contributed by atoms with Crippen molar-refractivity contribution in [1.82, 2.24) is 14.6 Å². The van der Waals surface area contributed by atoms with Crippen LogP contribution in [-0.2, 0) is 11.3 Å². The van der Waals surface area contributed by atoms with E-state index in [0.717, 1.165) is 5.56 Å². The van der Waals surface area contributed by atoms with Gasteiger partial charge in [0.2, 0.25) is 0 Å². The summed E-state index contributed by atoms with van der Waals surface area (Å²) in [5.74, 6) is -0.436. The molecule has 0 fully saturated rings. The Morgan fingerprint density at radius 3 is 2.85 bits per heavy atom. The molecule has 0 aliphatic heterocycles. The molecule has 0 aliphatic carbocycles. The summed E-state index contributed by atoms with van der Waals surface area (Å²) in [4.78, 5) is 16.3. The van der Waals surface area contributed by atoms with E-state index in [0.29, 0.717) is 15.8 Å². The van der Waals surface area contributed by atoms with Crippen LogP contribution in [0.3, 0.4) is 0 Å². The number of carbonyl (C=O) groups excluding carboxylic acids is 1.